The van der Waals surface area contributed by atoms with Gasteiger partial charge in [-0.25, -0.2) is 0 Å². The van der Waals surface area contributed by atoms with E-state index in [1.165, 1.54) is 106 Å². The van der Waals surface area contributed by atoms with Crippen LogP contribution in [-0.2, 0) is 27.1 Å². The number of nitrogens with zero attached hydrogens (tertiary/aromatic N) is 1. The standard InChI is InChI=1S/C59H59N/c1-55(2,3)38-23-27-46-49(31-38)59(11,12)52-32-39(56(4,5)6)33-53(54(46)52)60(40-24-28-44-42-20-16-17-21-47(42)57(7,8)50(44)34-40)41-25-29-45-43-26-22-37(36-18-14-13-15-19-36)30-48(43)58(9,10)51(45)35-41/h13-35H,1-12H3. The molecular weight excluding hydrogens is 723 g/mol. The predicted molar refractivity (Wildman–Crippen MR) is 257 cm³/mol. The first-order chi connectivity index (χ1) is 28.3. The predicted octanol–water partition coefficient (Wildman–Crippen LogP) is 16.3. The lowest BCUT2D eigenvalue weighted by Crippen LogP contribution is -2.21. The molecule has 0 atom stereocenters. The van der Waals surface area contributed by atoms with Crippen molar-refractivity contribution < 1.29 is 0 Å². The van der Waals surface area contributed by atoms with Gasteiger partial charge >= 0.3 is 0 Å². The van der Waals surface area contributed by atoms with Gasteiger partial charge in [-0.05, 0) is 131 Å². The van der Waals surface area contributed by atoms with Crippen LogP contribution >= 0.6 is 0 Å². The lowest BCUT2D eigenvalue weighted by Gasteiger charge is -2.33. The number of hydrogen-bond donors (Lipinski definition) is 0. The Morgan fingerprint density at radius 1 is 0.350 bits per heavy atom. The van der Waals surface area contributed by atoms with Crippen LogP contribution in [0, 0.1) is 0 Å². The highest BCUT2D eigenvalue weighted by atomic mass is 15.1. The Morgan fingerprint density at radius 2 is 0.817 bits per heavy atom. The molecule has 0 fully saturated rings. The molecule has 60 heavy (non-hydrogen) atoms. The molecule has 10 rings (SSSR count). The molecule has 1 nitrogen and oxygen atoms in total. The minimum Gasteiger partial charge on any atom is -0.310 e. The van der Waals surface area contributed by atoms with E-state index in [0.29, 0.717) is 0 Å². The summed E-state index contributed by atoms with van der Waals surface area (Å²) in [5.41, 5.74) is 24.8. The van der Waals surface area contributed by atoms with Gasteiger partial charge in [0.15, 0.2) is 0 Å². The number of rotatable bonds is 4. The Kier molecular flexibility index (Phi) is 8.15. The Bertz CT molecular complexity index is 2900. The van der Waals surface area contributed by atoms with Crippen LogP contribution < -0.4 is 4.90 Å². The average molecular weight is 782 g/mol. The number of anilines is 3. The van der Waals surface area contributed by atoms with Crippen molar-refractivity contribution in [1.82, 2.24) is 0 Å². The van der Waals surface area contributed by atoms with Gasteiger partial charge in [0.2, 0.25) is 0 Å². The quantitative estimate of drug-likeness (QED) is 0.172. The Balaban J connectivity index is 1.24. The van der Waals surface area contributed by atoms with Gasteiger partial charge in [0, 0.05) is 33.2 Å². The number of hydrogen-bond acceptors (Lipinski definition) is 1. The summed E-state index contributed by atoms with van der Waals surface area (Å²) in [5, 5.41) is 0. The molecule has 7 aromatic rings. The Morgan fingerprint density at radius 3 is 1.43 bits per heavy atom. The average Bonchev–Trinajstić information content (AvgIpc) is 3.69. The summed E-state index contributed by atoms with van der Waals surface area (Å²) in [6, 6.07) is 53.9. The van der Waals surface area contributed by atoms with Crippen LogP contribution in [0.5, 0.6) is 0 Å². The molecule has 3 aliphatic rings. The third-order valence-electron chi connectivity index (χ3n) is 14.6. The lowest BCUT2D eigenvalue weighted by atomic mass is 9.77. The molecule has 0 aromatic heterocycles. The minimum absolute atomic E-state index is 0.0524. The van der Waals surface area contributed by atoms with Gasteiger partial charge in [0.1, 0.15) is 0 Å². The zero-order valence-corrected chi connectivity index (χ0v) is 37.7. The van der Waals surface area contributed by atoms with E-state index < -0.39 is 0 Å². The number of benzene rings is 7. The largest absolute Gasteiger partial charge is 0.310 e. The molecule has 0 saturated heterocycles. The fraction of sp³-hybridized carbons (Fsp3) is 0.288. The van der Waals surface area contributed by atoms with Gasteiger partial charge in [0.25, 0.3) is 0 Å². The van der Waals surface area contributed by atoms with Crippen LogP contribution in [0.3, 0.4) is 0 Å². The third kappa shape index (κ3) is 5.57. The molecule has 0 bridgehead atoms. The maximum atomic E-state index is 2.62. The van der Waals surface area contributed by atoms with Crippen molar-refractivity contribution in [2.24, 2.45) is 0 Å². The highest BCUT2D eigenvalue weighted by Gasteiger charge is 2.42. The molecule has 300 valence electrons. The van der Waals surface area contributed by atoms with Crippen molar-refractivity contribution in [3.8, 4) is 44.5 Å². The minimum atomic E-state index is -0.189. The molecule has 0 radical (unpaired) electrons. The molecule has 0 unspecified atom stereocenters. The topological polar surface area (TPSA) is 3.24 Å². The van der Waals surface area contributed by atoms with E-state index in [2.05, 4.69) is 228 Å². The summed E-state index contributed by atoms with van der Waals surface area (Å²) < 4.78 is 0. The molecule has 0 spiro atoms. The Labute approximate surface area is 359 Å². The monoisotopic (exact) mass is 781 g/mol. The van der Waals surface area contributed by atoms with E-state index in [1.54, 1.807) is 0 Å². The zero-order valence-electron chi connectivity index (χ0n) is 37.7. The highest BCUT2D eigenvalue weighted by molar-refractivity contribution is 5.97. The SMILES string of the molecule is CC(C)(C)c1ccc2c(c1)C(C)(C)c1cc(C(C)(C)C)cc(N(c3ccc4c(c3)C(C)(C)c3ccccc3-4)c3ccc4c(c3)C(C)(C)c3cc(-c5ccccc5)ccc3-4)c1-2. The molecule has 0 aliphatic heterocycles. The fourth-order valence-corrected chi connectivity index (χ4v) is 10.8. The number of fused-ring (bicyclic) bond motifs is 9. The van der Waals surface area contributed by atoms with E-state index in [4.69, 9.17) is 0 Å². The summed E-state index contributed by atoms with van der Waals surface area (Å²) in [6.07, 6.45) is 0. The molecular formula is C59H59N. The summed E-state index contributed by atoms with van der Waals surface area (Å²) in [7, 11) is 0. The van der Waals surface area contributed by atoms with E-state index >= 15 is 0 Å². The second-order valence-electron chi connectivity index (χ2n) is 21.5. The van der Waals surface area contributed by atoms with Gasteiger partial charge in [0.05, 0.1) is 5.69 Å². The van der Waals surface area contributed by atoms with Crippen molar-refractivity contribution >= 4 is 17.1 Å². The molecule has 0 amide bonds. The fourth-order valence-electron chi connectivity index (χ4n) is 10.8. The summed E-state index contributed by atoms with van der Waals surface area (Å²) in [6.45, 7) is 28.6. The summed E-state index contributed by atoms with van der Waals surface area (Å²) in [5.74, 6) is 0. The van der Waals surface area contributed by atoms with Crippen LogP contribution in [0.1, 0.15) is 128 Å². The lowest BCUT2D eigenvalue weighted by molar-refractivity contribution is 0.580. The van der Waals surface area contributed by atoms with Gasteiger partial charge in [-0.1, -0.05) is 186 Å². The smallest absolute Gasteiger partial charge is 0.0546 e. The van der Waals surface area contributed by atoms with Crippen LogP contribution in [0.4, 0.5) is 17.1 Å². The van der Waals surface area contributed by atoms with Crippen molar-refractivity contribution in [3.63, 3.8) is 0 Å². The molecule has 7 aromatic carbocycles. The molecule has 0 saturated carbocycles. The first-order valence-electron chi connectivity index (χ1n) is 22.0. The van der Waals surface area contributed by atoms with Crippen molar-refractivity contribution in [2.45, 2.75) is 110 Å². The summed E-state index contributed by atoms with van der Waals surface area (Å²) in [4.78, 5) is 2.62. The van der Waals surface area contributed by atoms with Gasteiger partial charge in [-0.3, -0.25) is 0 Å². The Hall–Kier alpha value is -5.66. The normalized spacial score (nSPS) is 16.1. The van der Waals surface area contributed by atoms with Crippen molar-refractivity contribution in [3.05, 3.63) is 184 Å². The van der Waals surface area contributed by atoms with E-state index in [1.807, 2.05) is 0 Å². The van der Waals surface area contributed by atoms with E-state index in [-0.39, 0.29) is 27.1 Å². The van der Waals surface area contributed by atoms with Crippen LogP contribution in [0.25, 0.3) is 44.5 Å². The highest BCUT2D eigenvalue weighted by Crippen LogP contribution is 2.58. The van der Waals surface area contributed by atoms with Crippen molar-refractivity contribution in [1.29, 1.82) is 0 Å². The summed E-state index contributed by atoms with van der Waals surface area (Å²) >= 11 is 0. The van der Waals surface area contributed by atoms with Gasteiger partial charge < -0.3 is 4.90 Å². The van der Waals surface area contributed by atoms with Gasteiger partial charge in [-0.2, -0.15) is 0 Å². The molecule has 0 heterocycles. The molecule has 0 N–H and O–H groups in total. The van der Waals surface area contributed by atoms with E-state index in [9.17, 15) is 0 Å². The van der Waals surface area contributed by atoms with Crippen LogP contribution in [0.2, 0.25) is 0 Å². The molecule has 3 aliphatic carbocycles. The van der Waals surface area contributed by atoms with Crippen LogP contribution in [0.15, 0.2) is 140 Å². The first-order valence-corrected chi connectivity index (χ1v) is 22.0. The molecule has 1 heteroatoms. The van der Waals surface area contributed by atoms with Gasteiger partial charge in [-0.15, -0.1) is 0 Å². The van der Waals surface area contributed by atoms with Crippen molar-refractivity contribution in [2.75, 3.05) is 4.90 Å². The first kappa shape index (κ1) is 38.5. The van der Waals surface area contributed by atoms with Crippen LogP contribution in [-0.4, -0.2) is 0 Å². The maximum absolute atomic E-state index is 2.62. The second-order valence-corrected chi connectivity index (χ2v) is 21.5. The maximum Gasteiger partial charge on any atom is 0.0546 e. The third-order valence-corrected chi connectivity index (χ3v) is 14.6. The second kappa shape index (κ2) is 12.7. The zero-order chi connectivity index (χ0) is 42.3. The van der Waals surface area contributed by atoms with E-state index in [0.717, 1.165) is 0 Å².